The first kappa shape index (κ1) is 18.6. The van der Waals surface area contributed by atoms with E-state index in [9.17, 15) is 15.0 Å². The molecule has 0 bridgehead atoms. The number of benzene rings is 1. The zero-order valence-electron chi connectivity index (χ0n) is 15.2. The molecule has 2 heterocycles. The lowest BCUT2D eigenvalue weighted by Crippen LogP contribution is -2.56. The summed E-state index contributed by atoms with van der Waals surface area (Å²) >= 11 is 0. The molecule has 0 unspecified atom stereocenters. The number of piperidine rings is 1. The van der Waals surface area contributed by atoms with Gasteiger partial charge in [-0.1, -0.05) is 30.3 Å². The molecule has 1 amide bonds. The molecule has 1 saturated heterocycles. The van der Waals surface area contributed by atoms with Gasteiger partial charge in [-0.3, -0.25) is 4.79 Å². The lowest BCUT2D eigenvalue weighted by molar-refractivity contribution is -0.142. The van der Waals surface area contributed by atoms with Crippen LogP contribution in [0.25, 0.3) is 0 Å². The molecule has 1 aliphatic rings. The van der Waals surface area contributed by atoms with Crippen LogP contribution in [-0.4, -0.2) is 56.4 Å². The van der Waals surface area contributed by atoms with Crippen LogP contribution in [0.3, 0.4) is 0 Å². The molecule has 0 spiro atoms. The first-order chi connectivity index (χ1) is 12.5. The Hall–Kier alpha value is -2.18. The number of aryl methyl sites for hydroxylation is 2. The fraction of sp³-hybridized carbons (Fsp3) is 0.500. The number of hydrogen-bond donors (Lipinski definition) is 2. The number of carbonyl (C=O) groups is 1. The van der Waals surface area contributed by atoms with Gasteiger partial charge in [0.2, 0.25) is 5.91 Å². The minimum Gasteiger partial charge on any atom is -0.396 e. The molecule has 1 aliphatic heterocycles. The summed E-state index contributed by atoms with van der Waals surface area (Å²) in [5.74, 6) is 0.941. The Labute approximate surface area is 154 Å². The SMILES string of the molecule is Cc1nccn1CCC(=O)N1CC[C@H](O)[C@](CO)(Cc2ccccc2)C1. The molecule has 1 aromatic carbocycles. The molecule has 2 aromatic rings. The van der Waals surface area contributed by atoms with E-state index in [1.54, 1.807) is 11.1 Å². The number of likely N-dealkylation sites (tertiary alicyclic amines) is 1. The van der Waals surface area contributed by atoms with Crippen molar-refractivity contribution < 1.29 is 15.0 Å². The highest BCUT2D eigenvalue weighted by Gasteiger charge is 2.43. The fourth-order valence-corrected chi connectivity index (χ4v) is 3.76. The minimum absolute atomic E-state index is 0.0517. The molecule has 6 heteroatoms. The van der Waals surface area contributed by atoms with Crippen LogP contribution in [0, 0.1) is 12.3 Å². The molecule has 140 valence electrons. The normalized spacial score (nSPS) is 23.2. The standard InChI is InChI=1S/C20H27N3O3/c1-16-21-9-12-22(16)11-8-19(26)23-10-7-18(25)20(14-23,15-24)13-17-5-3-2-4-6-17/h2-6,9,12,18,24-25H,7-8,10-11,13-15H2,1H3/t18-,20+/m0/s1. The second kappa shape index (κ2) is 8.01. The van der Waals surface area contributed by atoms with Crippen LogP contribution in [-0.2, 0) is 17.8 Å². The molecular weight excluding hydrogens is 330 g/mol. The number of aromatic nitrogens is 2. The number of carbonyl (C=O) groups excluding carboxylic acids is 1. The molecule has 3 rings (SSSR count). The highest BCUT2D eigenvalue weighted by atomic mass is 16.3. The average molecular weight is 357 g/mol. The Morgan fingerprint density at radius 3 is 2.77 bits per heavy atom. The van der Waals surface area contributed by atoms with Crippen molar-refractivity contribution in [2.24, 2.45) is 5.41 Å². The summed E-state index contributed by atoms with van der Waals surface area (Å²) in [5, 5.41) is 20.7. The quantitative estimate of drug-likeness (QED) is 0.819. The Morgan fingerprint density at radius 2 is 2.12 bits per heavy atom. The summed E-state index contributed by atoms with van der Waals surface area (Å²) in [4.78, 5) is 18.7. The molecule has 0 aliphatic carbocycles. The third-order valence-electron chi connectivity index (χ3n) is 5.44. The smallest absolute Gasteiger partial charge is 0.224 e. The molecule has 6 nitrogen and oxygen atoms in total. The van der Waals surface area contributed by atoms with Gasteiger partial charge in [0, 0.05) is 43.9 Å². The van der Waals surface area contributed by atoms with E-state index in [0.29, 0.717) is 38.9 Å². The largest absolute Gasteiger partial charge is 0.396 e. The topological polar surface area (TPSA) is 78.6 Å². The molecular formula is C20H27N3O3. The van der Waals surface area contributed by atoms with Crippen molar-refractivity contribution >= 4 is 5.91 Å². The second-order valence-electron chi connectivity index (χ2n) is 7.22. The Bertz CT molecular complexity index is 731. The van der Waals surface area contributed by atoms with Crippen molar-refractivity contribution in [3.05, 3.63) is 54.1 Å². The minimum atomic E-state index is -0.708. The monoisotopic (exact) mass is 357 g/mol. The lowest BCUT2D eigenvalue weighted by atomic mass is 9.73. The van der Waals surface area contributed by atoms with Gasteiger partial charge in [-0.05, 0) is 25.3 Å². The van der Waals surface area contributed by atoms with Gasteiger partial charge in [-0.25, -0.2) is 4.98 Å². The number of amides is 1. The zero-order chi connectivity index (χ0) is 18.6. The van der Waals surface area contributed by atoms with E-state index in [1.165, 1.54) is 0 Å². The van der Waals surface area contributed by atoms with Crippen LogP contribution in [0.2, 0.25) is 0 Å². The summed E-state index contributed by atoms with van der Waals surface area (Å²) < 4.78 is 1.96. The Morgan fingerprint density at radius 1 is 1.35 bits per heavy atom. The average Bonchev–Trinajstić information content (AvgIpc) is 3.07. The zero-order valence-corrected chi connectivity index (χ0v) is 15.2. The van der Waals surface area contributed by atoms with Crippen molar-refractivity contribution in [3.63, 3.8) is 0 Å². The van der Waals surface area contributed by atoms with E-state index in [4.69, 9.17) is 0 Å². The summed E-state index contributed by atoms with van der Waals surface area (Å²) in [6, 6.07) is 9.83. The van der Waals surface area contributed by atoms with E-state index >= 15 is 0 Å². The number of rotatable bonds is 6. The maximum atomic E-state index is 12.7. The Balaban J connectivity index is 1.67. The van der Waals surface area contributed by atoms with Crippen LogP contribution in [0.15, 0.2) is 42.7 Å². The summed E-state index contributed by atoms with van der Waals surface area (Å²) in [6.07, 6.45) is 4.41. The number of hydrogen-bond acceptors (Lipinski definition) is 4. The summed E-state index contributed by atoms with van der Waals surface area (Å²) in [5.41, 5.74) is 0.351. The molecule has 1 fully saturated rings. The first-order valence-corrected chi connectivity index (χ1v) is 9.12. The molecule has 1 aromatic heterocycles. The first-order valence-electron chi connectivity index (χ1n) is 9.12. The summed E-state index contributed by atoms with van der Waals surface area (Å²) in [6.45, 7) is 3.27. The predicted octanol–water partition coefficient (Wildman–Crippen LogP) is 1.40. The van der Waals surface area contributed by atoms with E-state index in [0.717, 1.165) is 11.4 Å². The molecule has 0 saturated carbocycles. The van der Waals surface area contributed by atoms with E-state index in [-0.39, 0.29) is 12.5 Å². The number of aliphatic hydroxyl groups is 2. The van der Waals surface area contributed by atoms with Gasteiger partial charge in [0.1, 0.15) is 5.82 Å². The van der Waals surface area contributed by atoms with Crippen LogP contribution in [0.1, 0.15) is 24.2 Å². The Kier molecular flexibility index (Phi) is 5.74. The van der Waals surface area contributed by atoms with Gasteiger partial charge >= 0.3 is 0 Å². The highest BCUT2D eigenvalue weighted by Crippen LogP contribution is 2.34. The van der Waals surface area contributed by atoms with Crippen LogP contribution < -0.4 is 0 Å². The van der Waals surface area contributed by atoms with E-state index in [1.807, 2.05) is 48.0 Å². The van der Waals surface area contributed by atoms with Gasteiger partial charge in [0.15, 0.2) is 0 Å². The van der Waals surface area contributed by atoms with Crippen molar-refractivity contribution in [3.8, 4) is 0 Å². The van der Waals surface area contributed by atoms with Gasteiger partial charge in [-0.2, -0.15) is 0 Å². The van der Waals surface area contributed by atoms with Gasteiger partial charge in [0.05, 0.1) is 12.7 Å². The summed E-state index contributed by atoms with van der Waals surface area (Å²) in [7, 11) is 0. The van der Waals surface area contributed by atoms with Crippen LogP contribution in [0.4, 0.5) is 0 Å². The van der Waals surface area contributed by atoms with Crippen LogP contribution >= 0.6 is 0 Å². The second-order valence-corrected chi connectivity index (χ2v) is 7.22. The third-order valence-corrected chi connectivity index (χ3v) is 5.44. The van der Waals surface area contributed by atoms with E-state index < -0.39 is 11.5 Å². The maximum Gasteiger partial charge on any atom is 0.224 e. The maximum absolute atomic E-state index is 12.7. The molecule has 26 heavy (non-hydrogen) atoms. The predicted molar refractivity (Wildman–Crippen MR) is 98.4 cm³/mol. The number of aliphatic hydroxyl groups excluding tert-OH is 2. The van der Waals surface area contributed by atoms with Gasteiger partial charge in [-0.15, -0.1) is 0 Å². The van der Waals surface area contributed by atoms with Gasteiger partial charge < -0.3 is 19.7 Å². The molecule has 2 N–H and O–H groups in total. The fourth-order valence-electron chi connectivity index (χ4n) is 3.76. The third kappa shape index (κ3) is 3.97. The van der Waals surface area contributed by atoms with Crippen molar-refractivity contribution in [2.75, 3.05) is 19.7 Å². The van der Waals surface area contributed by atoms with Gasteiger partial charge in [0.25, 0.3) is 0 Å². The lowest BCUT2D eigenvalue weighted by Gasteiger charge is -2.45. The highest BCUT2D eigenvalue weighted by molar-refractivity contribution is 5.76. The number of imidazole rings is 1. The van der Waals surface area contributed by atoms with Crippen molar-refractivity contribution in [1.29, 1.82) is 0 Å². The van der Waals surface area contributed by atoms with Crippen LogP contribution in [0.5, 0.6) is 0 Å². The van der Waals surface area contributed by atoms with E-state index in [2.05, 4.69) is 4.98 Å². The molecule has 0 radical (unpaired) electrons. The molecule has 2 atom stereocenters. The van der Waals surface area contributed by atoms with Crippen molar-refractivity contribution in [2.45, 2.75) is 38.8 Å². The number of nitrogens with zero attached hydrogens (tertiary/aromatic N) is 3. The van der Waals surface area contributed by atoms with Crippen molar-refractivity contribution in [1.82, 2.24) is 14.5 Å².